The predicted octanol–water partition coefficient (Wildman–Crippen LogP) is 2.00. The highest BCUT2D eigenvalue weighted by atomic mass is 32.1. The van der Waals surface area contributed by atoms with Gasteiger partial charge in [-0.2, -0.15) is 0 Å². The van der Waals surface area contributed by atoms with E-state index < -0.39 is 12.0 Å². The fourth-order valence-corrected chi connectivity index (χ4v) is 2.27. The van der Waals surface area contributed by atoms with Crippen molar-refractivity contribution >= 4 is 29.2 Å². The number of hydrogen-bond acceptors (Lipinski definition) is 4. The smallest absolute Gasteiger partial charge is 0.410 e. The van der Waals surface area contributed by atoms with Crippen LogP contribution in [0.4, 0.5) is 10.6 Å². The zero-order valence-corrected chi connectivity index (χ0v) is 9.90. The number of anilines is 1. The maximum absolute atomic E-state index is 11.1. The number of hydrogen-bond donors (Lipinski definition) is 3. The standard InChI is InChI=1S/C11H9N3O3S/c12-8(15)10-13-9(14-11(16)17)7(18-10)6-4-2-1-3-5-6/h1-5,14H,(H2,12,15)(H,16,17). The van der Waals surface area contributed by atoms with Gasteiger partial charge in [0.25, 0.3) is 5.91 Å². The lowest BCUT2D eigenvalue weighted by molar-refractivity contribution is 0.1000. The van der Waals surface area contributed by atoms with Gasteiger partial charge in [-0.05, 0) is 5.56 Å². The zero-order valence-electron chi connectivity index (χ0n) is 9.08. The molecule has 0 aliphatic carbocycles. The van der Waals surface area contributed by atoms with Crippen LogP contribution in [0.1, 0.15) is 9.80 Å². The Kier molecular flexibility index (Phi) is 3.24. The third kappa shape index (κ3) is 2.46. The molecule has 0 spiro atoms. The van der Waals surface area contributed by atoms with Crippen molar-refractivity contribution in [1.82, 2.24) is 4.98 Å². The lowest BCUT2D eigenvalue weighted by Crippen LogP contribution is -2.12. The van der Waals surface area contributed by atoms with Crippen LogP contribution in [0.2, 0.25) is 0 Å². The molecule has 18 heavy (non-hydrogen) atoms. The monoisotopic (exact) mass is 263 g/mol. The fraction of sp³-hybridized carbons (Fsp3) is 0. The molecule has 2 amide bonds. The minimum Gasteiger partial charge on any atom is -0.465 e. The summed E-state index contributed by atoms with van der Waals surface area (Å²) >= 11 is 1.05. The number of thiazole rings is 1. The van der Waals surface area contributed by atoms with Gasteiger partial charge in [0.1, 0.15) is 0 Å². The van der Waals surface area contributed by atoms with E-state index in [1.165, 1.54) is 0 Å². The number of rotatable bonds is 3. The highest BCUT2D eigenvalue weighted by Gasteiger charge is 2.17. The number of carboxylic acid groups (broad SMARTS) is 1. The molecule has 2 rings (SSSR count). The summed E-state index contributed by atoms with van der Waals surface area (Å²) in [5.41, 5.74) is 5.91. The number of carbonyl (C=O) groups excluding carboxylic acids is 1. The summed E-state index contributed by atoms with van der Waals surface area (Å²) in [6.45, 7) is 0. The molecule has 2 aromatic rings. The molecule has 1 heterocycles. The van der Waals surface area contributed by atoms with Crippen molar-refractivity contribution in [2.75, 3.05) is 5.32 Å². The van der Waals surface area contributed by atoms with Gasteiger partial charge in [-0.25, -0.2) is 9.78 Å². The topological polar surface area (TPSA) is 105 Å². The second-order valence-corrected chi connectivity index (χ2v) is 4.36. The van der Waals surface area contributed by atoms with Gasteiger partial charge in [0, 0.05) is 0 Å². The van der Waals surface area contributed by atoms with Crippen molar-refractivity contribution in [2.24, 2.45) is 5.73 Å². The van der Waals surface area contributed by atoms with Crippen molar-refractivity contribution in [3.8, 4) is 10.4 Å². The molecule has 0 radical (unpaired) electrons. The number of carbonyl (C=O) groups is 2. The van der Waals surface area contributed by atoms with Gasteiger partial charge in [-0.3, -0.25) is 10.1 Å². The number of primary amides is 1. The highest BCUT2D eigenvalue weighted by molar-refractivity contribution is 7.17. The summed E-state index contributed by atoms with van der Waals surface area (Å²) in [5.74, 6) is -0.567. The second-order valence-electron chi connectivity index (χ2n) is 3.36. The molecule has 0 saturated carbocycles. The van der Waals surface area contributed by atoms with Crippen molar-refractivity contribution in [3.05, 3.63) is 35.3 Å². The Morgan fingerprint density at radius 1 is 1.28 bits per heavy atom. The van der Waals surface area contributed by atoms with E-state index in [2.05, 4.69) is 10.3 Å². The van der Waals surface area contributed by atoms with Crippen LogP contribution in [0, 0.1) is 0 Å². The van der Waals surface area contributed by atoms with Gasteiger partial charge in [0.2, 0.25) is 0 Å². The minimum absolute atomic E-state index is 0.0672. The quantitative estimate of drug-likeness (QED) is 0.787. The first-order valence-electron chi connectivity index (χ1n) is 4.94. The summed E-state index contributed by atoms with van der Waals surface area (Å²) in [6, 6.07) is 9.05. The summed E-state index contributed by atoms with van der Waals surface area (Å²) in [7, 11) is 0. The summed E-state index contributed by atoms with van der Waals surface area (Å²) in [4.78, 5) is 26.2. The molecule has 1 aromatic heterocycles. The number of nitrogens with one attached hydrogen (secondary N) is 1. The SMILES string of the molecule is NC(=O)c1nc(NC(=O)O)c(-c2ccccc2)s1. The first-order valence-corrected chi connectivity index (χ1v) is 5.75. The molecular weight excluding hydrogens is 254 g/mol. The van der Waals surface area contributed by atoms with Crippen LogP contribution < -0.4 is 11.1 Å². The number of nitrogens with zero attached hydrogens (tertiary/aromatic N) is 1. The Bertz CT molecular complexity index is 595. The fourth-order valence-electron chi connectivity index (χ4n) is 1.40. The Morgan fingerprint density at radius 3 is 2.50 bits per heavy atom. The van der Waals surface area contributed by atoms with Crippen LogP contribution in [0.3, 0.4) is 0 Å². The van der Waals surface area contributed by atoms with E-state index in [-0.39, 0.29) is 10.8 Å². The second kappa shape index (κ2) is 4.84. The Balaban J connectivity index is 2.50. The minimum atomic E-state index is -1.24. The lowest BCUT2D eigenvalue weighted by Gasteiger charge is -2.00. The summed E-state index contributed by atoms with van der Waals surface area (Å²) < 4.78 is 0. The highest BCUT2D eigenvalue weighted by Crippen LogP contribution is 2.33. The first kappa shape index (κ1) is 12.1. The van der Waals surface area contributed by atoms with E-state index >= 15 is 0 Å². The van der Waals surface area contributed by atoms with Crippen LogP contribution in [-0.4, -0.2) is 22.1 Å². The molecule has 0 atom stereocenters. The third-order valence-corrected chi connectivity index (χ3v) is 3.22. The van der Waals surface area contributed by atoms with E-state index in [0.29, 0.717) is 4.88 Å². The van der Waals surface area contributed by atoms with Crippen LogP contribution >= 0.6 is 11.3 Å². The molecule has 0 aliphatic rings. The number of amides is 2. The van der Waals surface area contributed by atoms with E-state index in [4.69, 9.17) is 10.8 Å². The number of benzene rings is 1. The maximum atomic E-state index is 11.1. The normalized spacial score (nSPS) is 10.0. The van der Waals surface area contributed by atoms with Crippen LogP contribution in [0.25, 0.3) is 10.4 Å². The first-order chi connectivity index (χ1) is 8.58. The molecule has 0 fully saturated rings. The Hall–Kier alpha value is -2.41. The van der Waals surface area contributed by atoms with Gasteiger partial charge >= 0.3 is 6.09 Å². The third-order valence-electron chi connectivity index (χ3n) is 2.10. The number of aromatic nitrogens is 1. The molecular formula is C11H9N3O3S. The Labute approximate surface area is 106 Å². The van der Waals surface area contributed by atoms with Crippen molar-refractivity contribution in [3.63, 3.8) is 0 Å². The molecule has 6 nitrogen and oxygen atoms in total. The van der Waals surface area contributed by atoms with Crippen molar-refractivity contribution < 1.29 is 14.7 Å². The molecule has 92 valence electrons. The average Bonchev–Trinajstić information content (AvgIpc) is 2.73. The van der Waals surface area contributed by atoms with Gasteiger partial charge in [-0.15, -0.1) is 11.3 Å². The van der Waals surface area contributed by atoms with Gasteiger partial charge in [0.15, 0.2) is 10.8 Å². The molecule has 0 saturated heterocycles. The van der Waals surface area contributed by atoms with Crippen LogP contribution in [0.15, 0.2) is 30.3 Å². The average molecular weight is 263 g/mol. The lowest BCUT2D eigenvalue weighted by atomic mass is 10.2. The molecule has 4 N–H and O–H groups in total. The van der Waals surface area contributed by atoms with E-state index in [1.807, 2.05) is 18.2 Å². The largest absolute Gasteiger partial charge is 0.465 e. The maximum Gasteiger partial charge on any atom is 0.410 e. The molecule has 0 aliphatic heterocycles. The van der Waals surface area contributed by atoms with Crippen LogP contribution in [0.5, 0.6) is 0 Å². The summed E-state index contributed by atoms with van der Waals surface area (Å²) in [5, 5.41) is 10.9. The molecule has 0 unspecified atom stereocenters. The predicted molar refractivity (Wildman–Crippen MR) is 67.7 cm³/mol. The molecule has 0 bridgehead atoms. The molecule has 7 heteroatoms. The Morgan fingerprint density at radius 2 is 1.94 bits per heavy atom. The van der Waals surface area contributed by atoms with E-state index in [0.717, 1.165) is 16.9 Å². The van der Waals surface area contributed by atoms with Gasteiger partial charge in [0.05, 0.1) is 4.88 Å². The zero-order chi connectivity index (χ0) is 13.1. The van der Waals surface area contributed by atoms with Gasteiger partial charge < -0.3 is 10.8 Å². The summed E-state index contributed by atoms with van der Waals surface area (Å²) in [6.07, 6.45) is -1.24. The van der Waals surface area contributed by atoms with Gasteiger partial charge in [-0.1, -0.05) is 30.3 Å². The number of nitrogens with two attached hydrogens (primary N) is 1. The van der Waals surface area contributed by atoms with Crippen molar-refractivity contribution in [2.45, 2.75) is 0 Å². The molecule has 1 aromatic carbocycles. The van der Waals surface area contributed by atoms with E-state index in [9.17, 15) is 9.59 Å². The van der Waals surface area contributed by atoms with E-state index in [1.54, 1.807) is 12.1 Å². The van der Waals surface area contributed by atoms with Crippen LogP contribution in [-0.2, 0) is 0 Å². The van der Waals surface area contributed by atoms with Crippen molar-refractivity contribution in [1.29, 1.82) is 0 Å².